The molecular weight excluding hydrogens is 350 g/mol. The molecule has 0 bridgehead atoms. The number of carboxylic acid groups (broad SMARTS) is 1. The van der Waals surface area contributed by atoms with Crippen molar-refractivity contribution in [3.05, 3.63) is 53.5 Å². The van der Waals surface area contributed by atoms with Crippen LogP contribution in [0.2, 0.25) is 0 Å². The van der Waals surface area contributed by atoms with Crippen LogP contribution in [0.25, 0.3) is 27.4 Å². The Hall–Kier alpha value is -3.26. The SMILES string of the molecule is CN(C)c1ccc2c(-c3ccccc3)nn(-c3nc(C(=O)O)cs3)c2n1. The molecule has 26 heavy (non-hydrogen) atoms. The maximum absolute atomic E-state index is 11.2. The summed E-state index contributed by atoms with van der Waals surface area (Å²) >= 11 is 1.22. The van der Waals surface area contributed by atoms with Crippen molar-refractivity contribution in [2.24, 2.45) is 0 Å². The van der Waals surface area contributed by atoms with Crippen LogP contribution in [0, 0.1) is 0 Å². The first kappa shape index (κ1) is 16.2. The fourth-order valence-corrected chi connectivity index (χ4v) is 3.39. The first-order valence-corrected chi connectivity index (χ1v) is 8.74. The third kappa shape index (κ3) is 2.70. The Bertz CT molecular complexity index is 1100. The van der Waals surface area contributed by atoms with E-state index in [2.05, 4.69) is 4.98 Å². The van der Waals surface area contributed by atoms with Gasteiger partial charge in [0.25, 0.3) is 0 Å². The van der Waals surface area contributed by atoms with Crippen LogP contribution in [-0.2, 0) is 0 Å². The van der Waals surface area contributed by atoms with E-state index in [1.807, 2.05) is 61.5 Å². The second-order valence-electron chi connectivity index (χ2n) is 5.88. The Kier molecular flexibility index (Phi) is 3.89. The fraction of sp³-hybridized carbons (Fsp3) is 0.111. The maximum atomic E-state index is 11.2. The summed E-state index contributed by atoms with van der Waals surface area (Å²) in [6.07, 6.45) is 0. The molecule has 3 aromatic heterocycles. The lowest BCUT2D eigenvalue weighted by Crippen LogP contribution is -2.11. The molecule has 1 aromatic carbocycles. The normalized spacial score (nSPS) is 11.0. The standard InChI is InChI=1S/C18H15N5O2S/c1-22(2)14-9-8-12-15(11-6-4-3-5-7-11)21-23(16(12)20-14)18-19-13(10-26-18)17(24)25/h3-10H,1-2H3,(H,24,25). The number of nitrogens with zero attached hydrogens (tertiary/aromatic N) is 5. The number of aromatic nitrogens is 4. The Labute approximate surface area is 153 Å². The predicted molar refractivity (Wildman–Crippen MR) is 101 cm³/mol. The second kappa shape index (κ2) is 6.23. The molecule has 0 spiro atoms. The van der Waals surface area contributed by atoms with Crippen LogP contribution in [0.4, 0.5) is 5.82 Å². The van der Waals surface area contributed by atoms with Crippen molar-refractivity contribution in [2.45, 2.75) is 0 Å². The zero-order valence-electron chi connectivity index (χ0n) is 14.1. The average Bonchev–Trinajstić information content (AvgIpc) is 3.26. The van der Waals surface area contributed by atoms with Gasteiger partial charge in [0, 0.05) is 30.4 Å². The number of benzene rings is 1. The molecular formula is C18H15N5O2S. The highest BCUT2D eigenvalue weighted by molar-refractivity contribution is 7.12. The minimum atomic E-state index is -1.06. The van der Waals surface area contributed by atoms with E-state index in [1.165, 1.54) is 16.7 Å². The van der Waals surface area contributed by atoms with E-state index in [9.17, 15) is 4.79 Å². The zero-order valence-corrected chi connectivity index (χ0v) is 14.9. The number of anilines is 1. The number of rotatable bonds is 4. The number of carbonyl (C=O) groups is 1. The molecule has 0 amide bonds. The van der Waals surface area contributed by atoms with Gasteiger partial charge in [-0.3, -0.25) is 0 Å². The van der Waals surface area contributed by atoms with Gasteiger partial charge in [-0.15, -0.1) is 11.3 Å². The number of carboxylic acids is 1. The summed E-state index contributed by atoms with van der Waals surface area (Å²) in [6, 6.07) is 13.7. The van der Waals surface area contributed by atoms with Gasteiger partial charge in [0.15, 0.2) is 11.3 Å². The molecule has 0 unspecified atom stereocenters. The molecule has 8 heteroatoms. The summed E-state index contributed by atoms with van der Waals surface area (Å²) in [5.74, 6) is -0.275. The molecule has 0 aliphatic heterocycles. The molecule has 0 aliphatic carbocycles. The Balaban J connectivity index is 1.98. The summed E-state index contributed by atoms with van der Waals surface area (Å²) in [5.41, 5.74) is 2.39. The van der Waals surface area contributed by atoms with Gasteiger partial charge in [-0.05, 0) is 12.1 Å². The first-order valence-electron chi connectivity index (χ1n) is 7.86. The first-order chi connectivity index (χ1) is 12.5. The van der Waals surface area contributed by atoms with Gasteiger partial charge in [0.05, 0.1) is 0 Å². The van der Waals surface area contributed by atoms with E-state index in [0.29, 0.717) is 10.8 Å². The van der Waals surface area contributed by atoms with Gasteiger partial charge in [0.1, 0.15) is 11.5 Å². The highest BCUT2D eigenvalue weighted by atomic mass is 32.1. The van der Waals surface area contributed by atoms with E-state index >= 15 is 0 Å². The van der Waals surface area contributed by atoms with E-state index in [-0.39, 0.29) is 5.69 Å². The summed E-state index contributed by atoms with van der Waals surface area (Å²) < 4.78 is 1.61. The third-order valence-corrected chi connectivity index (χ3v) is 4.73. The number of pyridine rings is 1. The summed E-state index contributed by atoms with van der Waals surface area (Å²) in [5, 5.41) is 16.7. The van der Waals surface area contributed by atoms with Crippen LogP contribution in [0.1, 0.15) is 10.5 Å². The van der Waals surface area contributed by atoms with Crippen molar-refractivity contribution in [1.82, 2.24) is 19.7 Å². The number of thiazole rings is 1. The van der Waals surface area contributed by atoms with E-state index < -0.39 is 5.97 Å². The van der Waals surface area contributed by atoms with Crippen LogP contribution in [0.3, 0.4) is 0 Å². The van der Waals surface area contributed by atoms with Gasteiger partial charge in [-0.1, -0.05) is 30.3 Å². The Morgan fingerprint density at radius 3 is 2.54 bits per heavy atom. The minimum absolute atomic E-state index is 0.00123. The maximum Gasteiger partial charge on any atom is 0.355 e. The molecule has 7 nitrogen and oxygen atoms in total. The van der Waals surface area contributed by atoms with Gasteiger partial charge in [0.2, 0.25) is 5.13 Å². The molecule has 130 valence electrons. The summed E-state index contributed by atoms with van der Waals surface area (Å²) in [6.45, 7) is 0. The smallest absolute Gasteiger partial charge is 0.355 e. The number of hydrogen-bond acceptors (Lipinski definition) is 6. The van der Waals surface area contributed by atoms with E-state index in [0.717, 1.165) is 22.5 Å². The van der Waals surface area contributed by atoms with Gasteiger partial charge in [-0.25, -0.2) is 14.8 Å². The topological polar surface area (TPSA) is 84.1 Å². The largest absolute Gasteiger partial charge is 0.476 e. The van der Waals surface area contributed by atoms with Crippen LogP contribution >= 0.6 is 11.3 Å². The third-order valence-electron chi connectivity index (χ3n) is 3.91. The van der Waals surface area contributed by atoms with Crippen molar-refractivity contribution in [2.75, 3.05) is 19.0 Å². The Morgan fingerprint density at radius 2 is 1.88 bits per heavy atom. The number of hydrogen-bond donors (Lipinski definition) is 1. The second-order valence-corrected chi connectivity index (χ2v) is 6.72. The van der Waals surface area contributed by atoms with Crippen molar-refractivity contribution >= 4 is 34.2 Å². The molecule has 1 N–H and O–H groups in total. The quantitative estimate of drug-likeness (QED) is 0.597. The molecule has 4 aromatic rings. The molecule has 0 fully saturated rings. The highest BCUT2D eigenvalue weighted by Crippen LogP contribution is 2.31. The summed E-state index contributed by atoms with van der Waals surface area (Å²) in [7, 11) is 3.83. The Morgan fingerprint density at radius 1 is 1.12 bits per heavy atom. The zero-order chi connectivity index (χ0) is 18.3. The minimum Gasteiger partial charge on any atom is -0.476 e. The molecule has 3 heterocycles. The van der Waals surface area contributed by atoms with E-state index in [4.69, 9.17) is 15.2 Å². The number of fused-ring (bicyclic) bond motifs is 1. The molecule has 0 saturated heterocycles. The molecule has 0 atom stereocenters. The van der Waals surface area contributed by atoms with Crippen LogP contribution in [0.15, 0.2) is 47.8 Å². The summed E-state index contributed by atoms with van der Waals surface area (Å²) in [4.78, 5) is 22.0. The number of aromatic carboxylic acids is 1. The van der Waals surface area contributed by atoms with Gasteiger partial charge in [-0.2, -0.15) is 9.78 Å². The molecule has 0 saturated carbocycles. The van der Waals surface area contributed by atoms with Crippen molar-refractivity contribution < 1.29 is 9.90 Å². The van der Waals surface area contributed by atoms with Crippen molar-refractivity contribution in [3.63, 3.8) is 0 Å². The molecule has 0 radical (unpaired) electrons. The predicted octanol–water partition coefficient (Wildman–Crippen LogP) is 3.31. The van der Waals surface area contributed by atoms with E-state index in [1.54, 1.807) is 4.68 Å². The molecule has 0 aliphatic rings. The lowest BCUT2D eigenvalue weighted by atomic mass is 10.1. The van der Waals surface area contributed by atoms with Crippen LogP contribution in [0.5, 0.6) is 0 Å². The average molecular weight is 365 g/mol. The lowest BCUT2D eigenvalue weighted by Gasteiger charge is -2.10. The monoisotopic (exact) mass is 365 g/mol. The van der Waals surface area contributed by atoms with Crippen molar-refractivity contribution in [1.29, 1.82) is 0 Å². The lowest BCUT2D eigenvalue weighted by molar-refractivity contribution is 0.0691. The van der Waals surface area contributed by atoms with Crippen molar-refractivity contribution in [3.8, 4) is 16.4 Å². The van der Waals surface area contributed by atoms with Crippen LogP contribution < -0.4 is 4.90 Å². The van der Waals surface area contributed by atoms with Gasteiger partial charge < -0.3 is 10.0 Å². The fourth-order valence-electron chi connectivity index (χ4n) is 2.64. The molecule has 4 rings (SSSR count). The highest BCUT2D eigenvalue weighted by Gasteiger charge is 2.19. The van der Waals surface area contributed by atoms with Crippen LogP contribution in [-0.4, -0.2) is 44.9 Å². The van der Waals surface area contributed by atoms with Gasteiger partial charge >= 0.3 is 5.97 Å².